The Bertz CT molecular complexity index is 198. The van der Waals surface area contributed by atoms with Crippen LogP contribution in [0.3, 0.4) is 0 Å². The Morgan fingerprint density at radius 3 is 2.37 bits per heavy atom. The van der Waals surface area contributed by atoms with Crippen molar-refractivity contribution in [3.05, 3.63) is 0 Å². The van der Waals surface area contributed by atoms with E-state index in [1.807, 2.05) is 0 Å². The molecule has 0 saturated heterocycles. The normalized spacial score (nSPS) is 13.7. The van der Waals surface area contributed by atoms with Gasteiger partial charge in [0.25, 0.3) is 0 Å². The summed E-state index contributed by atoms with van der Waals surface area (Å²) in [5.74, 6) is 0. The second-order valence-electron chi connectivity index (χ2n) is 5.55. The maximum absolute atomic E-state index is 5.55. The van der Waals surface area contributed by atoms with Crippen molar-refractivity contribution < 1.29 is 14.2 Å². The zero-order valence-corrected chi connectivity index (χ0v) is 13.5. The second-order valence-corrected chi connectivity index (χ2v) is 5.55. The van der Waals surface area contributed by atoms with E-state index in [0.29, 0.717) is 19.3 Å². The molecular weight excluding hydrogens is 242 g/mol. The third kappa shape index (κ3) is 11.4. The summed E-state index contributed by atoms with van der Waals surface area (Å²) in [5.41, 5.74) is -0.0386. The van der Waals surface area contributed by atoms with Gasteiger partial charge in [0.1, 0.15) is 0 Å². The van der Waals surface area contributed by atoms with Crippen molar-refractivity contribution in [2.75, 3.05) is 40.6 Å². The number of hydrogen-bond acceptors (Lipinski definition) is 4. The van der Waals surface area contributed by atoms with E-state index < -0.39 is 0 Å². The van der Waals surface area contributed by atoms with Crippen LogP contribution in [-0.2, 0) is 14.2 Å². The lowest BCUT2D eigenvalue weighted by molar-refractivity contribution is 0.0101. The summed E-state index contributed by atoms with van der Waals surface area (Å²) in [6.07, 6.45) is 4.38. The van der Waals surface area contributed by atoms with Crippen molar-refractivity contribution in [3.8, 4) is 0 Å². The van der Waals surface area contributed by atoms with E-state index in [-0.39, 0.29) is 5.60 Å². The largest absolute Gasteiger partial charge is 0.382 e. The van der Waals surface area contributed by atoms with E-state index in [4.69, 9.17) is 14.2 Å². The predicted octanol–water partition coefficient (Wildman–Crippen LogP) is 2.61. The molecule has 116 valence electrons. The van der Waals surface area contributed by atoms with Gasteiger partial charge in [-0.25, -0.2) is 0 Å². The highest BCUT2D eigenvalue weighted by Crippen LogP contribution is 2.17. The number of ether oxygens (including phenoxy) is 3. The van der Waals surface area contributed by atoms with Crippen LogP contribution in [-0.4, -0.2) is 52.2 Å². The lowest BCUT2D eigenvalue weighted by Crippen LogP contribution is -2.34. The van der Waals surface area contributed by atoms with E-state index in [0.717, 1.165) is 38.8 Å². The molecule has 4 heteroatoms. The van der Waals surface area contributed by atoms with Crippen molar-refractivity contribution in [1.82, 2.24) is 5.32 Å². The number of rotatable bonds is 13. The summed E-state index contributed by atoms with van der Waals surface area (Å²) >= 11 is 0. The Kier molecular flexibility index (Phi) is 11.6. The minimum absolute atomic E-state index is 0.0386. The highest BCUT2D eigenvalue weighted by atomic mass is 16.5. The van der Waals surface area contributed by atoms with Gasteiger partial charge in [-0.15, -0.1) is 0 Å². The first kappa shape index (κ1) is 18.8. The fourth-order valence-electron chi connectivity index (χ4n) is 1.79. The standard InChI is InChI=1S/C15H33NO3/c1-6-10-16-14(7-9-15(2,3)18-5)8-11-19-13-12-17-4/h14,16H,6-13H2,1-5H3. The van der Waals surface area contributed by atoms with Crippen LogP contribution in [0.25, 0.3) is 0 Å². The zero-order chi connectivity index (χ0) is 14.6. The predicted molar refractivity (Wildman–Crippen MR) is 79.7 cm³/mol. The Morgan fingerprint density at radius 1 is 1.05 bits per heavy atom. The fraction of sp³-hybridized carbons (Fsp3) is 1.00. The lowest BCUT2D eigenvalue weighted by Gasteiger charge is -2.26. The Labute approximate surface area is 119 Å². The molecule has 0 aliphatic rings. The van der Waals surface area contributed by atoms with Crippen LogP contribution in [0.15, 0.2) is 0 Å². The molecule has 4 nitrogen and oxygen atoms in total. The fourth-order valence-corrected chi connectivity index (χ4v) is 1.79. The van der Waals surface area contributed by atoms with Crippen LogP contribution in [0.1, 0.15) is 46.5 Å². The summed E-state index contributed by atoms with van der Waals surface area (Å²) in [6, 6.07) is 0.511. The molecule has 19 heavy (non-hydrogen) atoms. The zero-order valence-electron chi connectivity index (χ0n) is 13.5. The molecule has 1 unspecified atom stereocenters. The van der Waals surface area contributed by atoms with Gasteiger partial charge >= 0.3 is 0 Å². The molecule has 0 radical (unpaired) electrons. The molecule has 0 saturated carbocycles. The first-order valence-corrected chi connectivity index (χ1v) is 7.41. The van der Waals surface area contributed by atoms with Gasteiger partial charge in [-0.3, -0.25) is 0 Å². The van der Waals surface area contributed by atoms with Gasteiger partial charge in [0.05, 0.1) is 18.8 Å². The maximum atomic E-state index is 5.55. The third-order valence-electron chi connectivity index (χ3n) is 3.37. The van der Waals surface area contributed by atoms with Crippen molar-refractivity contribution in [2.45, 2.75) is 58.1 Å². The van der Waals surface area contributed by atoms with Crippen LogP contribution in [0.2, 0.25) is 0 Å². The molecule has 0 aliphatic carbocycles. The van der Waals surface area contributed by atoms with Crippen molar-refractivity contribution in [3.63, 3.8) is 0 Å². The lowest BCUT2D eigenvalue weighted by atomic mass is 9.97. The van der Waals surface area contributed by atoms with Gasteiger partial charge in [0, 0.05) is 26.9 Å². The van der Waals surface area contributed by atoms with Crippen LogP contribution in [0, 0.1) is 0 Å². The summed E-state index contributed by atoms with van der Waals surface area (Å²) in [4.78, 5) is 0. The minimum Gasteiger partial charge on any atom is -0.382 e. The van der Waals surface area contributed by atoms with Crippen LogP contribution < -0.4 is 5.32 Å². The van der Waals surface area contributed by atoms with E-state index in [1.165, 1.54) is 0 Å². The molecule has 1 atom stereocenters. The highest BCUT2D eigenvalue weighted by Gasteiger charge is 2.18. The minimum atomic E-state index is -0.0386. The summed E-state index contributed by atoms with van der Waals surface area (Å²) in [7, 11) is 3.48. The van der Waals surface area contributed by atoms with Gasteiger partial charge in [-0.2, -0.15) is 0 Å². The van der Waals surface area contributed by atoms with Crippen LogP contribution in [0.4, 0.5) is 0 Å². The molecule has 0 amide bonds. The number of nitrogens with one attached hydrogen (secondary N) is 1. The first-order valence-electron chi connectivity index (χ1n) is 7.41. The molecule has 0 rings (SSSR count). The molecular formula is C15H33NO3. The van der Waals surface area contributed by atoms with Crippen molar-refractivity contribution in [1.29, 1.82) is 0 Å². The smallest absolute Gasteiger partial charge is 0.0700 e. The average Bonchev–Trinajstić information content (AvgIpc) is 2.40. The monoisotopic (exact) mass is 275 g/mol. The molecule has 0 aromatic rings. The topological polar surface area (TPSA) is 39.7 Å². The molecule has 0 spiro atoms. The van der Waals surface area contributed by atoms with Gasteiger partial charge in [-0.1, -0.05) is 6.92 Å². The molecule has 0 bridgehead atoms. The SMILES string of the molecule is CCCNC(CCOCCOC)CCC(C)(C)OC. The Morgan fingerprint density at radius 2 is 1.79 bits per heavy atom. The second kappa shape index (κ2) is 11.6. The third-order valence-corrected chi connectivity index (χ3v) is 3.37. The van der Waals surface area contributed by atoms with E-state index in [2.05, 4.69) is 26.1 Å². The van der Waals surface area contributed by atoms with E-state index in [1.54, 1.807) is 14.2 Å². The Balaban J connectivity index is 3.87. The maximum Gasteiger partial charge on any atom is 0.0700 e. The van der Waals surface area contributed by atoms with Gasteiger partial charge in [-0.05, 0) is 46.1 Å². The highest BCUT2D eigenvalue weighted by molar-refractivity contribution is 4.74. The molecule has 0 aromatic heterocycles. The molecule has 0 fully saturated rings. The summed E-state index contributed by atoms with van der Waals surface area (Å²) in [6.45, 7) is 9.68. The van der Waals surface area contributed by atoms with E-state index in [9.17, 15) is 0 Å². The van der Waals surface area contributed by atoms with Crippen LogP contribution in [0.5, 0.6) is 0 Å². The van der Waals surface area contributed by atoms with E-state index >= 15 is 0 Å². The summed E-state index contributed by atoms with van der Waals surface area (Å²) in [5, 5.41) is 3.59. The van der Waals surface area contributed by atoms with Gasteiger partial charge in [0.2, 0.25) is 0 Å². The number of methoxy groups -OCH3 is 2. The quantitative estimate of drug-likeness (QED) is 0.525. The average molecular weight is 275 g/mol. The first-order chi connectivity index (χ1) is 9.05. The Hall–Kier alpha value is -0.160. The summed E-state index contributed by atoms with van der Waals surface area (Å²) < 4.78 is 16.0. The molecule has 0 heterocycles. The number of hydrogen-bond donors (Lipinski definition) is 1. The molecule has 1 N–H and O–H groups in total. The molecule has 0 aliphatic heterocycles. The van der Waals surface area contributed by atoms with Crippen molar-refractivity contribution in [2.24, 2.45) is 0 Å². The van der Waals surface area contributed by atoms with Gasteiger partial charge < -0.3 is 19.5 Å². The molecule has 0 aromatic carbocycles. The van der Waals surface area contributed by atoms with Crippen molar-refractivity contribution >= 4 is 0 Å². The van der Waals surface area contributed by atoms with Crippen LogP contribution >= 0.6 is 0 Å². The van der Waals surface area contributed by atoms with Gasteiger partial charge in [0.15, 0.2) is 0 Å².